The van der Waals surface area contributed by atoms with Gasteiger partial charge in [-0.15, -0.1) is 5.10 Å². The third-order valence-corrected chi connectivity index (χ3v) is 4.42. The Labute approximate surface area is 156 Å². The summed E-state index contributed by atoms with van der Waals surface area (Å²) in [6.07, 6.45) is -0.282. The number of amides is 1. The van der Waals surface area contributed by atoms with E-state index in [1.165, 1.54) is 11.1 Å². The molecule has 1 N–H and O–H groups in total. The predicted molar refractivity (Wildman–Crippen MR) is 98.0 cm³/mol. The Kier molecular flexibility index (Phi) is 4.50. The number of fused-ring (bicyclic) bond motifs is 1. The van der Waals surface area contributed by atoms with Crippen LogP contribution in [-0.4, -0.2) is 28.8 Å². The molecule has 4 rings (SSSR count). The second-order valence-corrected chi connectivity index (χ2v) is 6.45. The van der Waals surface area contributed by atoms with Gasteiger partial charge in [0.15, 0.2) is 11.5 Å². The van der Waals surface area contributed by atoms with Gasteiger partial charge in [-0.05, 0) is 42.7 Å². The number of para-hydroxylation sites is 2. The molecule has 1 aliphatic heterocycles. The minimum atomic E-state index is -0.782. The number of nitrogens with zero attached hydrogens (tertiary/aromatic N) is 2. The summed E-state index contributed by atoms with van der Waals surface area (Å²) >= 11 is 0. The van der Waals surface area contributed by atoms with Crippen molar-refractivity contribution in [1.82, 2.24) is 10.2 Å². The van der Waals surface area contributed by atoms with E-state index < -0.39 is 12.0 Å². The maximum atomic E-state index is 12.4. The van der Waals surface area contributed by atoms with E-state index >= 15 is 0 Å². The maximum Gasteiger partial charge on any atom is 0.322 e. The van der Waals surface area contributed by atoms with Gasteiger partial charge in [0.25, 0.3) is 5.91 Å². The van der Waals surface area contributed by atoms with E-state index in [9.17, 15) is 4.79 Å². The zero-order valence-corrected chi connectivity index (χ0v) is 15.1. The van der Waals surface area contributed by atoms with Gasteiger partial charge in [0.05, 0.1) is 6.42 Å². The van der Waals surface area contributed by atoms with Crippen molar-refractivity contribution < 1.29 is 18.7 Å². The molecule has 1 amide bonds. The Hall–Kier alpha value is -3.35. The number of hydrogen-bond acceptors (Lipinski definition) is 6. The lowest BCUT2D eigenvalue weighted by molar-refractivity contribution is -0.125. The van der Waals surface area contributed by atoms with Crippen molar-refractivity contribution in [3.8, 4) is 11.5 Å². The lowest BCUT2D eigenvalue weighted by Gasteiger charge is -2.24. The summed E-state index contributed by atoms with van der Waals surface area (Å²) in [7, 11) is 0. The first-order valence-electron chi connectivity index (χ1n) is 8.66. The van der Waals surface area contributed by atoms with Gasteiger partial charge in [-0.2, -0.15) is 0 Å². The van der Waals surface area contributed by atoms with Crippen LogP contribution in [0.2, 0.25) is 0 Å². The fourth-order valence-electron chi connectivity index (χ4n) is 2.80. The summed E-state index contributed by atoms with van der Waals surface area (Å²) < 4.78 is 16.8. The minimum Gasteiger partial charge on any atom is -0.485 e. The van der Waals surface area contributed by atoms with Crippen LogP contribution in [0.5, 0.6) is 11.5 Å². The highest BCUT2D eigenvalue weighted by Gasteiger charge is 2.28. The summed E-state index contributed by atoms with van der Waals surface area (Å²) in [5.74, 6) is 1.19. The van der Waals surface area contributed by atoms with Crippen LogP contribution >= 0.6 is 0 Å². The van der Waals surface area contributed by atoms with Crippen molar-refractivity contribution in [1.29, 1.82) is 0 Å². The Balaban J connectivity index is 1.39. The number of carbonyl (C=O) groups is 1. The third-order valence-electron chi connectivity index (χ3n) is 4.42. The molecule has 138 valence electrons. The first kappa shape index (κ1) is 17.1. The molecule has 0 radical (unpaired) electrons. The number of aryl methyl sites for hydroxylation is 2. The molecule has 27 heavy (non-hydrogen) atoms. The molecular formula is C20H19N3O4. The average molecular weight is 365 g/mol. The zero-order valence-electron chi connectivity index (χ0n) is 15.1. The standard InChI is InChI=1S/C20H19N3O4/c1-12-7-8-14(9-13(12)2)10-18-22-23-20(27-18)21-19(24)17-11-25-15-5-3-4-6-16(15)26-17/h3-9,17H,10-11H2,1-2H3,(H,21,23,24)/t17-/m0/s1. The summed E-state index contributed by atoms with van der Waals surface area (Å²) in [6.45, 7) is 4.24. The van der Waals surface area contributed by atoms with Gasteiger partial charge >= 0.3 is 6.01 Å². The topological polar surface area (TPSA) is 86.5 Å². The largest absolute Gasteiger partial charge is 0.485 e. The lowest BCUT2D eigenvalue weighted by atomic mass is 10.0. The first-order valence-corrected chi connectivity index (χ1v) is 8.66. The molecule has 2 heterocycles. The molecule has 7 heteroatoms. The number of hydrogen-bond donors (Lipinski definition) is 1. The Morgan fingerprint density at radius 1 is 1.11 bits per heavy atom. The zero-order chi connectivity index (χ0) is 18.8. The first-order chi connectivity index (χ1) is 13.1. The number of anilines is 1. The maximum absolute atomic E-state index is 12.4. The SMILES string of the molecule is Cc1ccc(Cc2nnc(NC(=O)[C@@H]3COc4ccccc4O3)o2)cc1C. The molecule has 3 aromatic rings. The van der Waals surface area contributed by atoms with E-state index in [1.54, 1.807) is 12.1 Å². The van der Waals surface area contributed by atoms with Crippen LogP contribution in [0.4, 0.5) is 6.01 Å². The summed E-state index contributed by atoms with van der Waals surface area (Å²) in [4.78, 5) is 12.4. The van der Waals surface area contributed by atoms with Crippen molar-refractivity contribution in [2.24, 2.45) is 0 Å². The third kappa shape index (κ3) is 3.76. The van der Waals surface area contributed by atoms with Crippen LogP contribution in [0.1, 0.15) is 22.6 Å². The fraction of sp³-hybridized carbons (Fsp3) is 0.250. The number of aromatic nitrogens is 2. The summed E-state index contributed by atoms with van der Waals surface area (Å²) in [5, 5.41) is 10.5. The average Bonchev–Trinajstić information content (AvgIpc) is 3.11. The van der Waals surface area contributed by atoms with Crippen molar-refractivity contribution in [3.05, 3.63) is 65.0 Å². The number of carbonyl (C=O) groups excluding carboxylic acids is 1. The van der Waals surface area contributed by atoms with Crippen LogP contribution in [0.3, 0.4) is 0 Å². The highest BCUT2D eigenvalue weighted by Crippen LogP contribution is 2.31. The molecule has 0 fully saturated rings. The normalized spacial score (nSPS) is 15.4. The van der Waals surface area contributed by atoms with Crippen molar-refractivity contribution in [3.63, 3.8) is 0 Å². The molecule has 0 spiro atoms. The van der Waals surface area contributed by atoms with Crippen LogP contribution < -0.4 is 14.8 Å². The lowest BCUT2D eigenvalue weighted by Crippen LogP contribution is -2.40. The quantitative estimate of drug-likeness (QED) is 0.765. The Morgan fingerprint density at radius 3 is 2.74 bits per heavy atom. The van der Waals surface area contributed by atoms with Crippen molar-refractivity contribution in [2.75, 3.05) is 11.9 Å². The van der Waals surface area contributed by atoms with Crippen LogP contribution in [-0.2, 0) is 11.2 Å². The number of rotatable bonds is 4. The second-order valence-electron chi connectivity index (χ2n) is 6.45. The summed E-state index contributed by atoms with van der Waals surface area (Å²) in [6, 6.07) is 13.4. The Morgan fingerprint density at radius 2 is 1.93 bits per heavy atom. The minimum absolute atomic E-state index is 0.0429. The van der Waals surface area contributed by atoms with Crippen molar-refractivity contribution >= 4 is 11.9 Å². The van der Waals surface area contributed by atoms with Gasteiger partial charge in [-0.1, -0.05) is 35.4 Å². The molecule has 7 nitrogen and oxygen atoms in total. The fourth-order valence-corrected chi connectivity index (χ4v) is 2.80. The molecule has 0 saturated heterocycles. The molecule has 1 aliphatic rings. The molecule has 1 atom stereocenters. The van der Waals surface area contributed by atoms with Gasteiger partial charge in [-0.3, -0.25) is 10.1 Å². The monoisotopic (exact) mass is 365 g/mol. The number of nitrogens with one attached hydrogen (secondary N) is 1. The van der Waals surface area contributed by atoms with Gasteiger partial charge in [0.2, 0.25) is 12.0 Å². The van der Waals surface area contributed by atoms with Crippen LogP contribution in [0.15, 0.2) is 46.9 Å². The van der Waals surface area contributed by atoms with E-state index in [2.05, 4.69) is 41.5 Å². The molecule has 0 unspecified atom stereocenters. The number of benzene rings is 2. The van der Waals surface area contributed by atoms with Crippen LogP contribution in [0, 0.1) is 13.8 Å². The van der Waals surface area contributed by atoms with Gasteiger partial charge in [-0.25, -0.2) is 0 Å². The smallest absolute Gasteiger partial charge is 0.322 e. The van der Waals surface area contributed by atoms with E-state index in [0.29, 0.717) is 23.8 Å². The van der Waals surface area contributed by atoms with E-state index in [-0.39, 0.29) is 12.6 Å². The van der Waals surface area contributed by atoms with Crippen LogP contribution in [0.25, 0.3) is 0 Å². The highest BCUT2D eigenvalue weighted by molar-refractivity contribution is 5.92. The van der Waals surface area contributed by atoms with Gasteiger partial charge in [0, 0.05) is 0 Å². The highest BCUT2D eigenvalue weighted by atomic mass is 16.6. The van der Waals surface area contributed by atoms with E-state index in [1.807, 2.05) is 18.2 Å². The summed E-state index contributed by atoms with van der Waals surface area (Å²) in [5.41, 5.74) is 3.50. The van der Waals surface area contributed by atoms with Gasteiger partial charge in [0.1, 0.15) is 6.61 Å². The molecule has 0 aliphatic carbocycles. The molecule has 0 bridgehead atoms. The second kappa shape index (κ2) is 7.11. The van der Waals surface area contributed by atoms with E-state index in [4.69, 9.17) is 13.9 Å². The Bertz CT molecular complexity index is 983. The van der Waals surface area contributed by atoms with Crippen molar-refractivity contribution in [2.45, 2.75) is 26.4 Å². The molecule has 2 aromatic carbocycles. The van der Waals surface area contributed by atoms with Gasteiger partial charge < -0.3 is 13.9 Å². The molecular weight excluding hydrogens is 346 g/mol. The van der Waals surface area contributed by atoms with E-state index in [0.717, 1.165) is 5.56 Å². The molecule has 0 saturated carbocycles. The predicted octanol–water partition coefficient (Wildman–Crippen LogP) is 3.06. The molecule has 1 aromatic heterocycles. The number of ether oxygens (including phenoxy) is 2.